The molecule has 94 valence electrons. The minimum atomic E-state index is -4.64. The van der Waals surface area contributed by atoms with Crippen LogP contribution in [0.15, 0.2) is 24.3 Å². The average molecular weight is 265 g/mol. The minimum Gasteiger partial charge on any atom is -0.477 e. The maximum atomic E-state index is 10.4. The number of benzene rings is 1. The van der Waals surface area contributed by atoms with Gasteiger partial charge in [0.1, 0.15) is 5.56 Å². The number of hydrogen-bond acceptors (Lipinski definition) is 4. The first kappa shape index (κ1) is 15.2. The Morgan fingerprint density at radius 3 is 1.94 bits per heavy atom. The molecule has 9 nitrogen and oxygen atoms in total. The van der Waals surface area contributed by atoms with Crippen molar-refractivity contribution in [3.8, 4) is 0 Å². The van der Waals surface area contributed by atoms with E-state index in [1.807, 2.05) is 0 Å². The van der Waals surface area contributed by atoms with Crippen LogP contribution in [-0.4, -0.2) is 30.7 Å². The van der Waals surface area contributed by atoms with Gasteiger partial charge in [-0.3, -0.25) is 10.1 Å². The Bertz CT molecular complexity index is 425. The number of hydrogen-bond donors (Lipinski definition) is 4. The minimum absolute atomic E-state index is 0.289. The number of aromatic carboxylic acids is 1. The summed E-state index contributed by atoms with van der Waals surface area (Å²) in [7, 11) is -4.64. The highest BCUT2D eigenvalue weighted by Gasteiger charge is 2.17. The number of rotatable bonds is 2. The van der Waals surface area contributed by atoms with Gasteiger partial charge < -0.3 is 19.8 Å². The van der Waals surface area contributed by atoms with Gasteiger partial charge in [-0.2, -0.15) is 0 Å². The molecule has 0 radical (unpaired) electrons. The Kier molecular flexibility index (Phi) is 5.42. The van der Waals surface area contributed by atoms with E-state index in [1.165, 1.54) is 18.2 Å². The average Bonchev–Trinajstić information content (AvgIpc) is 2.15. The zero-order chi connectivity index (χ0) is 13.6. The second-order valence-electron chi connectivity index (χ2n) is 2.59. The Hall–Kier alpha value is -1.80. The summed E-state index contributed by atoms with van der Waals surface area (Å²) in [5.41, 5.74) is -0.674. The maximum Gasteiger partial charge on any atom is 0.466 e. The largest absolute Gasteiger partial charge is 0.477 e. The molecule has 1 rings (SSSR count). The summed E-state index contributed by atoms with van der Waals surface area (Å²) in [5.74, 6) is -1.29. The molecule has 0 bridgehead atoms. The lowest BCUT2D eigenvalue weighted by atomic mass is 10.2. The van der Waals surface area contributed by atoms with Crippen LogP contribution in [0.5, 0.6) is 0 Å². The molecule has 10 heteroatoms. The third-order valence-corrected chi connectivity index (χ3v) is 1.33. The first-order chi connectivity index (χ1) is 7.63. The van der Waals surface area contributed by atoms with E-state index in [4.69, 9.17) is 24.4 Å². The second-order valence-corrected chi connectivity index (χ2v) is 3.62. The number of para-hydroxylation sites is 1. The monoisotopic (exact) mass is 265 g/mol. The molecule has 0 saturated carbocycles. The molecule has 0 aliphatic rings. The summed E-state index contributed by atoms with van der Waals surface area (Å²) in [6.45, 7) is 0. The van der Waals surface area contributed by atoms with Crippen molar-refractivity contribution in [2.24, 2.45) is 0 Å². The van der Waals surface area contributed by atoms with E-state index in [0.29, 0.717) is 0 Å². The molecular weight excluding hydrogens is 257 g/mol. The van der Waals surface area contributed by atoms with Crippen LogP contribution in [0, 0.1) is 10.1 Å². The molecule has 1 aromatic carbocycles. The molecule has 0 aromatic heterocycles. The van der Waals surface area contributed by atoms with Crippen LogP contribution in [0.1, 0.15) is 10.4 Å². The van der Waals surface area contributed by atoms with Crippen LogP contribution < -0.4 is 0 Å². The molecule has 0 spiro atoms. The Morgan fingerprint density at radius 2 is 1.65 bits per heavy atom. The highest BCUT2D eigenvalue weighted by molar-refractivity contribution is 7.45. The van der Waals surface area contributed by atoms with Crippen molar-refractivity contribution in [1.82, 2.24) is 0 Å². The molecule has 0 fully saturated rings. The zero-order valence-electron chi connectivity index (χ0n) is 8.13. The van der Waals surface area contributed by atoms with Crippen molar-refractivity contribution in [1.29, 1.82) is 0 Å². The smallest absolute Gasteiger partial charge is 0.466 e. The van der Waals surface area contributed by atoms with Crippen molar-refractivity contribution in [2.75, 3.05) is 0 Å². The van der Waals surface area contributed by atoms with Crippen molar-refractivity contribution in [2.45, 2.75) is 0 Å². The van der Waals surface area contributed by atoms with Crippen LogP contribution in [-0.2, 0) is 4.57 Å². The van der Waals surface area contributed by atoms with Gasteiger partial charge in [-0.05, 0) is 6.07 Å². The molecule has 0 unspecified atom stereocenters. The van der Waals surface area contributed by atoms with Crippen molar-refractivity contribution >= 4 is 19.5 Å². The molecule has 0 atom stereocenters. The fourth-order valence-corrected chi connectivity index (χ4v) is 0.814. The molecule has 0 saturated heterocycles. The van der Waals surface area contributed by atoms with Gasteiger partial charge >= 0.3 is 13.8 Å². The zero-order valence-corrected chi connectivity index (χ0v) is 9.02. The second kappa shape index (κ2) is 6.06. The molecular formula is C7H8NO8P. The molecule has 17 heavy (non-hydrogen) atoms. The van der Waals surface area contributed by atoms with E-state index < -0.39 is 18.7 Å². The number of nitro groups is 1. The highest BCUT2D eigenvalue weighted by Crippen LogP contribution is 2.25. The molecule has 0 aliphatic carbocycles. The lowest BCUT2D eigenvalue weighted by Gasteiger charge is -1.94. The summed E-state index contributed by atoms with van der Waals surface area (Å²) < 4.78 is 8.88. The van der Waals surface area contributed by atoms with Gasteiger partial charge in [0.25, 0.3) is 5.69 Å². The SMILES string of the molecule is O=C(O)c1ccccc1[N+](=O)[O-].O=P(O)(O)O. The van der Waals surface area contributed by atoms with Gasteiger partial charge in [-0.15, -0.1) is 0 Å². The number of phosphoric acid groups is 1. The predicted octanol–water partition coefficient (Wildman–Crippen LogP) is 0.364. The first-order valence-electron chi connectivity index (χ1n) is 3.88. The van der Waals surface area contributed by atoms with Crippen molar-refractivity contribution in [3.63, 3.8) is 0 Å². The van der Waals surface area contributed by atoms with E-state index in [2.05, 4.69) is 0 Å². The topological polar surface area (TPSA) is 158 Å². The third-order valence-electron chi connectivity index (χ3n) is 1.33. The molecule has 1 aromatic rings. The van der Waals surface area contributed by atoms with Gasteiger partial charge in [0.05, 0.1) is 4.92 Å². The number of carboxylic acids is 1. The summed E-state index contributed by atoms with van der Waals surface area (Å²) in [6, 6.07) is 5.21. The normalized spacial score (nSPS) is 10.1. The van der Waals surface area contributed by atoms with Crippen LogP contribution in [0.2, 0.25) is 0 Å². The van der Waals surface area contributed by atoms with Crippen molar-refractivity contribution < 1.29 is 34.1 Å². The van der Waals surface area contributed by atoms with Crippen LogP contribution >= 0.6 is 7.82 Å². The lowest BCUT2D eigenvalue weighted by Crippen LogP contribution is -2.01. The lowest BCUT2D eigenvalue weighted by molar-refractivity contribution is -0.385. The Labute approximate surface area is 94.3 Å². The summed E-state index contributed by atoms with van der Waals surface area (Å²) in [5, 5.41) is 18.8. The van der Waals surface area contributed by atoms with E-state index in [1.54, 1.807) is 0 Å². The maximum absolute atomic E-state index is 10.4. The summed E-state index contributed by atoms with van der Waals surface area (Å²) in [4.78, 5) is 41.5. The van der Waals surface area contributed by atoms with Gasteiger partial charge in [-0.25, -0.2) is 9.36 Å². The van der Waals surface area contributed by atoms with E-state index in [9.17, 15) is 14.9 Å². The quantitative estimate of drug-likeness (QED) is 0.339. The number of nitro benzene ring substituents is 1. The Morgan fingerprint density at radius 1 is 1.24 bits per heavy atom. The van der Waals surface area contributed by atoms with E-state index in [0.717, 1.165) is 6.07 Å². The van der Waals surface area contributed by atoms with Crippen LogP contribution in [0.25, 0.3) is 0 Å². The van der Waals surface area contributed by atoms with Gasteiger partial charge in [-0.1, -0.05) is 12.1 Å². The Balaban J connectivity index is 0.000000437. The standard InChI is InChI=1S/C7H5NO4.H3O4P/c9-7(10)5-3-1-2-4-6(5)8(11)12;1-5(2,3)4/h1-4H,(H,9,10);(H3,1,2,3,4). The fraction of sp³-hybridized carbons (Fsp3) is 0. The van der Waals surface area contributed by atoms with Crippen LogP contribution in [0.3, 0.4) is 0 Å². The number of nitrogens with zero attached hydrogens (tertiary/aromatic N) is 1. The van der Waals surface area contributed by atoms with E-state index in [-0.39, 0.29) is 11.3 Å². The first-order valence-corrected chi connectivity index (χ1v) is 5.44. The summed E-state index contributed by atoms with van der Waals surface area (Å²) >= 11 is 0. The molecule has 0 amide bonds. The van der Waals surface area contributed by atoms with Crippen molar-refractivity contribution in [3.05, 3.63) is 39.9 Å². The molecule has 0 heterocycles. The van der Waals surface area contributed by atoms with Crippen LogP contribution in [0.4, 0.5) is 5.69 Å². The molecule has 4 N–H and O–H groups in total. The van der Waals surface area contributed by atoms with Gasteiger partial charge in [0.2, 0.25) is 0 Å². The number of carbonyl (C=O) groups is 1. The van der Waals surface area contributed by atoms with Gasteiger partial charge in [0.15, 0.2) is 0 Å². The fourth-order valence-electron chi connectivity index (χ4n) is 0.814. The van der Waals surface area contributed by atoms with E-state index >= 15 is 0 Å². The number of carboxylic acid groups (broad SMARTS) is 1. The third kappa shape index (κ3) is 7.14. The predicted molar refractivity (Wildman–Crippen MR) is 54.3 cm³/mol. The highest BCUT2D eigenvalue weighted by atomic mass is 31.2. The summed E-state index contributed by atoms with van der Waals surface area (Å²) in [6.07, 6.45) is 0. The molecule has 0 aliphatic heterocycles. The van der Waals surface area contributed by atoms with Gasteiger partial charge in [0, 0.05) is 6.07 Å².